The second-order valence-electron chi connectivity index (χ2n) is 10.8. The zero-order valence-electron chi connectivity index (χ0n) is 24.2. The van der Waals surface area contributed by atoms with Crippen LogP contribution in [-0.4, -0.2) is 19.9 Å². The van der Waals surface area contributed by atoms with Crippen molar-refractivity contribution in [2.75, 3.05) is 0 Å². The van der Waals surface area contributed by atoms with Crippen molar-refractivity contribution in [3.05, 3.63) is 158 Å². The van der Waals surface area contributed by atoms with Crippen LogP contribution in [0.3, 0.4) is 0 Å². The smallest absolute Gasteiger partial charge is 0.164 e. The van der Waals surface area contributed by atoms with Crippen molar-refractivity contribution < 1.29 is 0 Å². The summed E-state index contributed by atoms with van der Waals surface area (Å²) in [6.45, 7) is 0. The lowest BCUT2D eigenvalue weighted by Gasteiger charge is -2.10. The predicted octanol–water partition coefficient (Wildman–Crippen LogP) is 10.5. The molecule has 5 heteroatoms. The average Bonchev–Trinajstić information content (AvgIpc) is 3.57. The van der Waals surface area contributed by atoms with Crippen LogP contribution in [-0.2, 0) is 0 Å². The molecule has 0 unspecified atom stereocenters. The summed E-state index contributed by atoms with van der Waals surface area (Å²) in [6.07, 6.45) is 0. The molecular formula is C40H26N4S. The highest BCUT2D eigenvalue weighted by atomic mass is 32.1. The molecule has 2 aromatic heterocycles. The van der Waals surface area contributed by atoms with Crippen molar-refractivity contribution in [1.29, 1.82) is 0 Å². The number of fused-ring (bicyclic) bond motifs is 1. The van der Waals surface area contributed by atoms with Gasteiger partial charge >= 0.3 is 0 Å². The van der Waals surface area contributed by atoms with E-state index < -0.39 is 0 Å². The Bertz CT molecular complexity index is 2230. The molecule has 0 bridgehead atoms. The number of aromatic nitrogens is 4. The highest BCUT2D eigenvalue weighted by Crippen LogP contribution is 2.34. The summed E-state index contributed by atoms with van der Waals surface area (Å²) in [5, 5.41) is 1.03. The van der Waals surface area contributed by atoms with Crippen LogP contribution in [0.4, 0.5) is 0 Å². The van der Waals surface area contributed by atoms with Gasteiger partial charge in [-0.1, -0.05) is 146 Å². The van der Waals surface area contributed by atoms with Gasteiger partial charge < -0.3 is 0 Å². The summed E-state index contributed by atoms with van der Waals surface area (Å²) >= 11 is 1.72. The van der Waals surface area contributed by atoms with Crippen LogP contribution in [0.1, 0.15) is 0 Å². The molecule has 4 nitrogen and oxygen atoms in total. The lowest BCUT2D eigenvalue weighted by Crippen LogP contribution is -2.00. The van der Waals surface area contributed by atoms with Crippen molar-refractivity contribution in [3.63, 3.8) is 0 Å². The van der Waals surface area contributed by atoms with Gasteiger partial charge in [-0.15, -0.1) is 11.3 Å². The van der Waals surface area contributed by atoms with E-state index in [1.54, 1.807) is 11.3 Å². The Kier molecular flexibility index (Phi) is 6.98. The molecule has 0 amide bonds. The quantitative estimate of drug-likeness (QED) is 0.192. The van der Waals surface area contributed by atoms with Crippen LogP contribution in [0.15, 0.2) is 158 Å². The van der Waals surface area contributed by atoms with E-state index in [-0.39, 0.29) is 0 Å². The largest absolute Gasteiger partial charge is 0.236 e. The molecule has 212 valence electrons. The topological polar surface area (TPSA) is 51.6 Å². The maximum Gasteiger partial charge on any atom is 0.164 e. The molecule has 45 heavy (non-hydrogen) atoms. The fourth-order valence-corrected chi connectivity index (χ4v) is 6.42. The minimum Gasteiger partial charge on any atom is -0.236 e. The Morgan fingerprint density at radius 1 is 0.311 bits per heavy atom. The van der Waals surface area contributed by atoms with Crippen LogP contribution in [0.5, 0.6) is 0 Å². The number of rotatable bonds is 6. The van der Waals surface area contributed by atoms with Crippen molar-refractivity contribution in [2.24, 2.45) is 0 Å². The second-order valence-corrected chi connectivity index (χ2v) is 11.8. The molecule has 0 saturated carbocycles. The lowest BCUT2D eigenvalue weighted by atomic mass is 10.0. The standard InChI is InChI=1S/C40H26N4S/c1-4-10-27(11-5-1)28-16-20-31(21-17-28)38-42-37(30-12-6-2-7-13-30)43-39(44-38)32-22-18-29(19-23-32)34-24-25-35-36(26-34)45-40(41-35)33-14-8-3-9-15-33/h1-26H. The number of hydrogen-bond acceptors (Lipinski definition) is 5. The van der Waals surface area contributed by atoms with Crippen LogP contribution in [0.2, 0.25) is 0 Å². The summed E-state index contributed by atoms with van der Waals surface area (Å²) in [5.41, 5.74) is 9.60. The van der Waals surface area contributed by atoms with Crippen LogP contribution >= 0.6 is 11.3 Å². The first-order chi connectivity index (χ1) is 22.3. The van der Waals surface area contributed by atoms with E-state index in [1.807, 2.05) is 54.6 Å². The molecule has 2 heterocycles. The first kappa shape index (κ1) is 26.8. The Morgan fingerprint density at radius 2 is 0.689 bits per heavy atom. The number of thiazole rings is 1. The Morgan fingerprint density at radius 3 is 1.22 bits per heavy atom. The third-order valence-electron chi connectivity index (χ3n) is 7.80. The van der Waals surface area contributed by atoms with Crippen LogP contribution in [0.25, 0.3) is 77.2 Å². The Hall–Kier alpha value is -5.78. The highest BCUT2D eigenvalue weighted by Gasteiger charge is 2.13. The van der Waals surface area contributed by atoms with Crippen molar-refractivity contribution in [2.45, 2.75) is 0 Å². The van der Waals surface area contributed by atoms with E-state index in [4.69, 9.17) is 19.9 Å². The summed E-state index contributed by atoms with van der Waals surface area (Å²) in [4.78, 5) is 19.6. The van der Waals surface area contributed by atoms with Gasteiger partial charge in [0.25, 0.3) is 0 Å². The number of benzene rings is 6. The normalized spacial score (nSPS) is 11.1. The zero-order valence-corrected chi connectivity index (χ0v) is 25.0. The summed E-state index contributed by atoms with van der Waals surface area (Å²) in [5.74, 6) is 1.94. The van der Waals surface area contributed by atoms with E-state index in [1.165, 1.54) is 10.3 Å². The zero-order chi connectivity index (χ0) is 30.0. The van der Waals surface area contributed by atoms with E-state index in [2.05, 4.69) is 103 Å². The molecule has 8 rings (SSSR count). The Labute approximate surface area is 265 Å². The molecule has 6 aromatic carbocycles. The van der Waals surface area contributed by atoms with Gasteiger partial charge in [-0.3, -0.25) is 0 Å². The summed E-state index contributed by atoms with van der Waals surface area (Å²) in [6, 6.07) is 54.1. The summed E-state index contributed by atoms with van der Waals surface area (Å²) < 4.78 is 1.17. The minimum atomic E-state index is 0.642. The van der Waals surface area contributed by atoms with Crippen molar-refractivity contribution in [3.8, 4) is 67.0 Å². The first-order valence-corrected chi connectivity index (χ1v) is 15.6. The van der Waals surface area contributed by atoms with E-state index in [0.29, 0.717) is 17.5 Å². The average molecular weight is 595 g/mol. The molecule has 0 atom stereocenters. The molecule has 0 radical (unpaired) electrons. The molecule has 8 aromatic rings. The predicted molar refractivity (Wildman–Crippen MR) is 186 cm³/mol. The Balaban J connectivity index is 1.14. The summed E-state index contributed by atoms with van der Waals surface area (Å²) in [7, 11) is 0. The van der Waals surface area contributed by atoms with Gasteiger partial charge in [-0.2, -0.15) is 0 Å². The van der Waals surface area contributed by atoms with Gasteiger partial charge in [-0.25, -0.2) is 19.9 Å². The molecule has 0 saturated heterocycles. The fourth-order valence-electron chi connectivity index (χ4n) is 5.41. The molecule has 0 N–H and O–H groups in total. The van der Waals surface area contributed by atoms with Crippen molar-refractivity contribution >= 4 is 21.6 Å². The van der Waals surface area contributed by atoms with Gasteiger partial charge in [0.1, 0.15) is 5.01 Å². The molecule has 0 aliphatic heterocycles. The van der Waals surface area contributed by atoms with E-state index >= 15 is 0 Å². The van der Waals surface area contributed by atoms with Gasteiger partial charge in [0.15, 0.2) is 17.5 Å². The molecule has 0 fully saturated rings. The van der Waals surface area contributed by atoms with Crippen LogP contribution in [0, 0.1) is 0 Å². The number of hydrogen-bond donors (Lipinski definition) is 0. The molecule has 0 aliphatic rings. The molecule has 0 spiro atoms. The van der Waals surface area contributed by atoms with Gasteiger partial charge in [0.05, 0.1) is 10.2 Å². The first-order valence-electron chi connectivity index (χ1n) is 14.8. The van der Waals surface area contributed by atoms with Gasteiger partial charge in [0.2, 0.25) is 0 Å². The van der Waals surface area contributed by atoms with Crippen molar-refractivity contribution in [1.82, 2.24) is 19.9 Å². The van der Waals surface area contributed by atoms with Crippen LogP contribution < -0.4 is 0 Å². The number of nitrogens with zero attached hydrogens (tertiary/aromatic N) is 4. The minimum absolute atomic E-state index is 0.642. The third kappa shape index (κ3) is 5.53. The maximum atomic E-state index is 4.95. The SMILES string of the molecule is c1ccc(-c2ccc(-c3nc(-c4ccccc4)nc(-c4ccc(-c5ccc6nc(-c7ccccc7)sc6c5)cc4)n3)cc2)cc1. The highest BCUT2D eigenvalue weighted by molar-refractivity contribution is 7.21. The fraction of sp³-hybridized carbons (Fsp3) is 0. The van der Waals surface area contributed by atoms with Gasteiger partial charge in [0, 0.05) is 22.3 Å². The second kappa shape index (κ2) is 11.7. The lowest BCUT2D eigenvalue weighted by molar-refractivity contribution is 1.07. The monoisotopic (exact) mass is 594 g/mol. The molecular weight excluding hydrogens is 569 g/mol. The maximum absolute atomic E-state index is 4.95. The molecule has 0 aliphatic carbocycles. The third-order valence-corrected chi connectivity index (χ3v) is 8.87. The van der Waals surface area contributed by atoms with E-state index in [9.17, 15) is 0 Å². The van der Waals surface area contributed by atoms with Gasteiger partial charge in [-0.05, 0) is 34.4 Å². The van der Waals surface area contributed by atoms with E-state index in [0.717, 1.165) is 49.5 Å².